The number of hydrogen-bond acceptors (Lipinski definition) is 5. The number of carboxylic acids is 1. The molecule has 0 amide bonds. The molecule has 32 heavy (non-hydrogen) atoms. The second-order valence-corrected chi connectivity index (χ2v) is 8.81. The van der Waals surface area contributed by atoms with E-state index in [4.69, 9.17) is 0 Å². The number of fused-ring (bicyclic) bond motifs is 1. The van der Waals surface area contributed by atoms with Crippen LogP contribution in [0.15, 0.2) is 41.3 Å². The molecular formula is C23H24F2N4O3. The van der Waals surface area contributed by atoms with Crippen molar-refractivity contribution in [2.75, 3.05) is 31.6 Å². The zero-order valence-corrected chi connectivity index (χ0v) is 18.0. The molecule has 1 unspecified atom stereocenters. The second kappa shape index (κ2) is 7.98. The Morgan fingerprint density at radius 2 is 2.03 bits per heavy atom. The van der Waals surface area contributed by atoms with Crippen molar-refractivity contribution >= 4 is 22.8 Å². The van der Waals surface area contributed by atoms with E-state index in [0.29, 0.717) is 17.8 Å². The molecule has 1 aliphatic rings. The van der Waals surface area contributed by atoms with Crippen LogP contribution in [0, 0.1) is 23.0 Å². The maximum Gasteiger partial charge on any atom is 0.341 e. The molecule has 7 nitrogen and oxygen atoms in total. The van der Waals surface area contributed by atoms with Crippen LogP contribution in [0.1, 0.15) is 24.2 Å². The minimum Gasteiger partial charge on any atom is -0.477 e. The number of halogens is 2. The van der Waals surface area contributed by atoms with Crippen LogP contribution in [-0.2, 0) is 0 Å². The lowest BCUT2D eigenvalue weighted by Gasteiger charge is -2.25. The first-order valence-electron chi connectivity index (χ1n) is 10.3. The number of rotatable bonds is 5. The average molecular weight is 442 g/mol. The van der Waals surface area contributed by atoms with Gasteiger partial charge in [0, 0.05) is 25.4 Å². The number of pyridine rings is 2. The molecule has 2 aromatic heterocycles. The highest BCUT2D eigenvalue weighted by Crippen LogP contribution is 2.37. The van der Waals surface area contributed by atoms with Crippen LogP contribution in [0.2, 0.25) is 0 Å². The van der Waals surface area contributed by atoms with Crippen molar-refractivity contribution in [3.8, 4) is 5.69 Å². The molecule has 1 aromatic carbocycles. The van der Waals surface area contributed by atoms with Gasteiger partial charge in [0.2, 0.25) is 5.43 Å². The standard InChI is InChI=1S/C23H24F2N4O3/c1-23(2)12-28(10-13(23)9-26-3)19-7-5-15-20(30)16(22(31)32)11-29(21(15)27-19)18-6-4-14(24)8-17(18)25/h4-8,11,13,26H,9-10,12H2,1-3H3,(H,31,32). The van der Waals surface area contributed by atoms with Gasteiger partial charge in [-0.3, -0.25) is 9.36 Å². The van der Waals surface area contributed by atoms with Gasteiger partial charge in [-0.2, -0.15) is 0 Å². The fraction of sp³-hybridized carbons (Fsp3) is 0.348. The van der Waals surface area contributed by atoms with Crippen LogP contribution in [0.3, 0.4) is 0 Å². The molecule has 0 radical (unpaired) electrons. The topological polar surface area (TPSA) is 87.5 Å². The van der Waals surface area contributed by atoms with Gasteiger partial charge < -0.3 is 15.3 Å². The van der Waals surface area contributed by atoms with Gasteiger partial charge in [-0.1, -0.05) is 13.8 Å². The minimum atomic E-state index is -1.44. The van der Waals surface area contributed by atoms with Gasteiger partial charge in [0.05, 0.1) is 11.1 Å². The molecule has 1 fully saturated rings. The van der Waals surface area contributed by atoms with Crippen molar-refractivity contribution in [3.05, 3.63) is 63.9 Å². The Hall–Kier alpha value is -3.33. The van der Waals surface area contributed by atoms with E-state index in [1.807, 2.05) is 7.05 Å². The van der Waals surface area contributed by atoms with Crippen molar-refractivity contribution < 1.29 is 18.7 Å². The molecule has 1 aliphatic heterocycles. The Bertz CT molecular complexity index is 1270. The monoisotopic (exact) mass is 442 g/mol. The normalized spacial score (nSPS) is 17.8. The zero-order valence-electron chi connectivity index (χ0n) is 18.0. The van der Waals surface area contributed by atoms with E-state index in [-0.39, 0.29) is 22.1 Å². The number of benzene rings is 1. The summed E-state index contributed by atoms with van der Waals surface area (Å²) in [5.74, 6) is -2.12. The molecule has 4 rings (SSSR count). The molecule has 1 atom stereocenters. The van der Waals surface area contributed by atoms with E-state index >= 15 is 0 Å². The van der Waals surface area contributed by atoms with Crippen molar-refractivity contribution in [1.29, 1.82) is 0 Å². The summed E-state index contributed by atoms with van der Waals surface area (Å²) in [4.78, 5) is 31.1. The predicted molar refractivity (Wildman–Crippen MR) is 118 cm³/mol. The molecule has 0 spiro atoms. The average Bonchev–Trinajstić information content (AvgIpc) is 3.03. The number of carbonyl (C=O) groups is 1. The molecule has 0 bridgehead atoms. The van der Waals surface area contributed by atoms with Crippen molar-refractivity contribution in [2.45, 2.75) is 13.8 Å². The van der Waals surface area contributed by atoms with Crippen LogP contribution in [-0.4, -0.2) is 47.3 Å². The van der Waals surface area contributed by atoms with Crippen LogP contribution in [0.4, 0.5) is 14.6 Å². The number of aromatic nitrogens is 2. The van der Waals surface area contributed by atoms with Gasteiger partial charge in [-0.15, -0.1) is 0 Å². The molecule has 1 saturated heterocycles. The summed E-state index contributed by atoms with van der Waals surface area (Å²) in [5, 5.41) is 12.7. The largest absolute Gasteiger partial charge is 0.477 e. The molecule has 0 aliphatic carbocycles. The Morgan fingerprint density at radius 1 is 1.28 bits per heavy atom. The van der Waals surface area contributed by atoms with Crippen LogP contribution >= 0.6 is 0 Å². The number of hydrogen-bond donors (Lipinski definition) is 2. The van der Waals surface area contributed by atoms with Crippen molar-refractivity contribution in [2.24, 2.45) is 11.3 Å². The lowest BCUT2D eigenvalue weighted by atomic mass is 9.82. The number of aromatic carboxylic acids is 1. The van der Waals surface area contributed by atoms with Gasteiger partial charge in [-0.05, 0) is 49.2 Å². The highest BCUT2D eigenvalue weighted by atomic mass is 19.1. The van der Waals surface area contributed by atoms with E-state index < -0.39 is 28.6 Å². The Balaban J connectivity index is 1.91. The lowest BCUT2D eigenvalue weighted by Crippen LogP contribution is -2.30. The summed E-state index contributed by atoms with van der Waals surface area (Å²) in [6.07, 6.45) is 1.04. The Kier molecular flexibility index (Phi) is 5.46. The van der Waals surface area contributed by atoms with Crippen LogP contribution in [0.25, 0.3) is 16.7 Å². The third-order valence-corrected chi connectivity index (χ3v) is 6.15. The summed E-state index contributed by atoms with van der Waals surface area (Å²) in [6.45, 7) is 6.68. The smallest absolute Gasteiger partial charge is 0.341 e. The first kappa shape index (κ1) is 21.9. The highest BCUT2D eigenvalue weighted by Gasteiger charge is 2.39. The maximum absolute atomic E-state index is 14.6. The highest BCUT2D eigenvalue weighted by molar-refractivity contribution is 5.92. The number of carboxylic acid groups (broad SMARTS) is 1. The van der Waals surface area contributed by atoms with Crippen molar-refractivity contribution in [3.63, 3.8) is 0 Å². The molecule has 168 valence electrons. The van der Waals surface area contributed by atoms with E-state index in [0.717, 1.165) is 31.9 Å². The number of anilines is 1. The molecule has 0 saturated carbocycles. The van der Waals surface area contributed by atoms with E-state index in [2.05, 4.69) is 29.0 Å². The minimum absolute atomic E-state index is 0.0234. The van der Waals surface area contributed by atoms with Gasteiger partial charge in [-0.25, -0.2) is 18.6 Å². The Labute approximate surface area is 183 Å². The number of nitrogens with one attached hydrogen (secondary N) is 1. The molecule has 9 heteroatoms. The molecule has 3 aromatic rings. The van der Waals surface area contributed by atoms with Crippen LogP contribution < -0.4 is 15.6 Å². The van der Waals surface area contributed by atoms with Crippen LogP contribution in [0.5, 0.6) is 0 Å². The first-order chi connectivity index (χ1) is 15.1. The third-order valence-electron chi connectivity index (χ3n) is 6.15. The fourth-order valence-corrected chi connectivity index (χ4v) is 4.34. The van der Waals surface area contributed by atoms with E-state index in [1.165, 1.54) is 16.7 Å². The summed E-state index contributed by atoms with van der Waals surface area (Å²) in [7, 11) is 1.91. The van der Waals surface area contributed by atoms with E-state index in [9.17, 15) is 23.5 Å². The summed E-state index contributed by atoms with van der Waals surface area (Å²) >= 11 is 0. The Morgan fingerprint density at radius 3 is 2.69 bits per heavy atom. The summed E-state index contributed by atoms with van der Waals surface area (Å²) < 4.78 is 29.3. The molecule has 2 N–H and O–H groups in total. The first-order valence-corrected chi connectivity index (χ1v) is 10.3. The summed E-state index contributed by atoms with van der Waals surface area (Å²) in [5.41, 5.74) is -1.20. The van der Waals surface area contributed by atoms with Gasteiger partial charge in [0.15, 0.2) is 5.65 Å². The zero-order chi connectivity index (χ0) is 23.2. The second-order valence-electron chi connectivity index (χ2n) is 8.81. The van der Waals surface area contributed by atoms with Crippen molar-refractivity contribution in [1.82, 2.24) is 14.9 Å². The third kappa shape index (κ3) is 3.73. The lowest BCUT2D eigenvalue weighted by molar-refractivity contribution is 0.0695. The maximum atomic E-state index is 14.6. The van der Waals surface area contributed by atoms with Gasteiger partial charge in [0.25, 0.3) is 0 Å². The SMILES string of the molecule is CNCC1CN(c2ccc3c(=O)c(C(=O)O)cn(-c4ccc(F)cc4F)c3n2)CC1(C)C. The molecular weight excluding hydrogens is 418 g/mol. The molecule has 3 heterocycles. The quantitative estimate of drug-likeness (QED) is 0.632. The predicted octanol–water partition coefficient (Wildman–Crippen LogP) is 3.04. The fourth-order valence-electron chi connectivity index (χ4n) is 4.34. The van der Waals surface area contributed by atoms with Gasteiger partial charge >= 0.3 is 5.97 Å². The van der Waals surface area contributed by atoms with E-state index in [1.54, 1.807) is 6.07 Å². The van der Waals surface area contributed by atoms with Gasteiger partial charge in [0.1, 0.15) is 23.0 Å². The number of nitrogens with zero attached hydrogens (tertiary/aromatic N) is 3. The summed E-state index contributed by atoms with van der Waals surface area (Å²) in [6, 6.07) is 6.16.